The third kappa shape index (κ3) is 3.25. The first-order valence-corrected chi connectivity index (χ1v) is 8.83. The van der Waals surface area contributed by atoms with E-state index in [0.29, 0.717) is 5.84 Å². The number of para-hydroxylation sites is 2. The summed E-state index contributed by atoms with van der Waals surface area (Å²) in [7, 11) is 1.65. The zero-order valence-corrected chi connectivity index (χ0v) is 14.9. The second kappa shape index (κ2) is 6.75. The van der Waals surface area contributed by atoms with Gasteiger partial charge in [0.1, 0.15) is 11.6 Å². The van der Waals surface area contributed by atoms with Gasteiger partial charge in [-0.15, -0.1) is 0 Å². The number of hydrogen-bond donors (Lipinski definition) is 1. The van der Waals surface area contributed by atoms with Gasteiger partial charge in [0, 0.05) is 11.6 Å². The maximum absolute atomic E-state index is 12.4. The smallest absolute Gasteiger partial charge is 0.228 e. The summed E-state index contributed by atoms with van der Waals surface area (Å²) >= 11 is 0. The Kier molecular flexibility index (Phi) is 4.29. The van der Waals surface area contributed by atoms with Crippen molar-refractivity contribution in [3.63, 3.8) is 0 Å². The lowest BCUT2D eigenvalue weighted by atomic mass is 9.93. The Balaban J connectivity index is 1.78. The summed E-state index contributed by atoms with van der Waals surface area (Å²) in [5, 5.41) is 3.07. The number of nitrogens with zero attached hydrogens (tertiary/aromatic N) is 2. The van der Waals surface area contributed by atoms with Gasteiger partial charge in [0.25, 0.3) is 0 Å². The maximum Gasteiger partial charge on any atom is 0.228 e. The topological polar surface area (TPSA) is 63.1 Å². The highest BCUT2D eigenvalue weighted by Gasteiger charge is 2.33. The van der Waals surface area contributed by atoms with E-state index in [1.165, 1.54) is 0 Å². The van der Waals surface area contributed by atoms with Gasteiger partial charge in [-0.1, -0.05) is 24.3 Å². The lowest BCUT2D eigenvalue weighted by Crippen LogP contribution is -2.37. The molecule has 2 aromatic carbocycles. The van der Waals surface area contributed by atoms with Gasteiger partial charge in [0.15, 0.2) is 0 Å². The third-order valence-corrected chi connectivity index (χ3v) is 4.76. The van der Waals surface area contributed by atoms with Crippen LogP contribution in [0, 0.1) is 5.92 Å². The minimum absolute atomic E-state index is 0.0504. The Morgan fingerprint density at radius 1 is 1.04 bits per heavy atom. The number of benzene rings is 2. The molecule has 5 heteroatoms. The Labute approximate surface area is 152 Å². The Morgan fingerprint density at radius 3 is 2.31 bits per heavy atom. The van der Waals surface area contributed by atoms with Crippen LogP contribution in [0.2, 0.25) is 0 Å². The van der Waals surface area contributed by atoms with Gasteiger partial charge in [-0.2, -0.15) is 0 Å². The molecule has 0 radical (unpaired) electrons. The fraction of sp³-hybridized carbons (Fsp3) is 0.286. The van der Waals surface area contributed by atoms with E-state index in [1.807, 2.05) is 55.5 Å². The number of amides is 1. The number of nitrogens with one attached hydrogen (secondary N) is 1. The largest absolute Gasteiger partial charge is 0.497 e. The molecule has 26 heavy (non-hydrogen) atoms. The summed E-state index contributed by atoms with van der Waals surface area (Å²) in [6.45, 7) is 1.98. The second-order valence-electron chi connectivity index (χ2n) is 6.71. The fourth-order valence-corrected chi connectivity index (χ4v) is 3.17. The number of carbonyl (C=O) groups is 1. The van der Waals surface area contributed by atoms with Crippen molar-refractivity contribution in [2.75, 3.05) is 7.11 Å². The summed E-state index contributed by atoms with van der Waals surface area (Å²) in [6, 6.07) is 15.6. The molecule has 2 aliphatic rings. The average molecular weight is 347 g/mol. The molecule has 5 nitrogen and oxygen atoms in total. The first kappa shape index (κ1) is 16.5. The van der Waals surface area contributed by atoms with Crippen molar-refractivity contribution in [3.05, 3.63) is 54.1 Å². The van der Waals surface area contributed by atoms with Gasteiger partial charge in [-0.25, -0.2) is 4.99 Å². The summed E-state index contributed by atoms with van der Waals surface area (Å²) in [5.74, 6) is 1.40. The standard InChI is InChI=1S/C21H21N3O2/c1-13-19(14-9-11-16(26-2)12-10-14)20(24-21(25)15-7-8-15)23-18-6-4-3-5-17(18)22-13/h3-6,9-12,15,19H,7-8H2,1-2H3,(H,23,24,25). The highest BCUT2D eigenvalue weighted by atomic mass is 16.5. The lowest BCUT2D eigenvalue weighted by Gasteiger charge is -2.19. The van der Waals surface area contributed by atoms with Gasteiger partial charge >= 0.3 is 0 Å². The number of amidine groups is 1. The molecule has 1 fully saturated rings. The van der Waals surface area contributed by atoms with Crippen molar-refractivity contribution < 1.29 is 9.53 Å². The van der Waals surface area contributed by atoms with Crippen molar-refractivity contribution in [3.8, 4) is 5.75 Å². The van der Waals surface area contributed by atoms with E-state index in [2.05, 4.69) is 5.32 Å². The number of carbonyl (C=O) groups excluding carboxylic acids is 1. The maximum atomic E-state index is 12.4. The van der Waals surface area contributed by atoms with Crippen molar-refractivity contribution >= 4 is 28.8 Å². The second-order valence-corrected chi connectivity index (χ2v) is 6.71. The molecular formula is C21H21N3O2. The SMILES string of the molecule is COc1ccc(C2C(C)=Nc3ccccc3N=C2NC(=O)C2CC2)cc1. The van der Waals surface area contributed by atoms with Gasteiger partial charge in [0.05, 0.1) is 24.4 Å². The van der Waals surface area contributed by atoms with Crippen molar-refractivity contribution in [2.45, 2.75) is 25.7 Å². The van der Waals surface area contributed by atoms with Crippen LogP contribution in [0.4, 0.5) is 11.4 Å². The van der Waals surface area contributed by atoms with E-state index >= 15 is 0 Å². The van der Waals surface area contributed by atoms with Gasteiger partial charge < -0.3 is 10.1 Å². The molecule has 1 amide bonds. The summed E-state index contributed by atoms with van der Waals surface area (Å²) in [6.07, 6.45) is 1.91. The van der Waals surface area contributed by atoms with E-state index in [4.69, 9.17) is 14.7 Å². The zero-order valence-electron chi connectivity index (χ0n) is 14.9. The molecule has 1 aliphatic carbocycles. The van der Waals surface area contributed by atoms with Crippen LogP contribution in [-0.4, -0.2) is 24.6 Å². The number of fused-ring (bicyclic) bond motifs is 1. The van der Waals surface area contributed by atoms with Crippen LogP contribution in [-0.2, 0) is 4.79 Å². The number of methoxy groups -OCH3 is 1. The number of hydrogen-bond acceptors (Lipinski definition) is 4. The van der Waals surface area contributed by atoms with Gasteiger partial charge in [-0.3, -0.25) is 9.79 Å². The zero-order chi connectivity index (χ0) is 18.1. The van der Waals surface area contributed by atoms with Crippen LogP contribution in [0.15, 0.2) is 58.5 Å². The van der Waals surface area contributed by atoms with Crippen molar-refractivity contribution in [1.29, 1.82) is 0 Å². The molecule has 1 heterocycles. The molecule has 4 rings (SSSR count). The van der Waals surface area contributed by atoms with Crippen molar-refractivity contribution in [2.24, 2.45) is 15.9 Å². The van der Waals surface area contributed by atoms with E-state index in [0.717, 1.165) is 41.2 Å². The molecule has 2 aromatic rings. The molecule has 1 atom stereocenters. The highest BCUT2D eigenvalue weighted by molar-refractivity contribution is 6.17. The number of aliphatic imine (C=N–C) groups is 2. The van der Waals surface area contributed by atoms with Crippen LogP contribution in [0.1, 0.15) is 31.2 Å². The molecule has 1 N–H and O–H groups in total. The Bertz CT molecular complexity index is 896. The Hall–Kier alpha value is -2.95. The first-order valence-electron chi connectivity index (χ1n) is 8.83. The highest BCUT2D eigenvalue weighted by Crippen LogP contribution is 2.35. The van der Waals surface area contributed by atoms with Crippen LogP contribution in [0.3, 0.4) is 0 Å². The lowest BCUT2D eigenvalue weighted by molar-refractivity contribution is -0.120. The molecule has 1 aliphatic heterocycles. The van der Waals surface area contributed by atoms with Crippen LogP contribution in [0.25, 0.3) is 0 Å². The van der Waals surface area contributed by atoms with E-state index in [9.17, 15) is 4.79 Å². The summed E-state index contributed by atoms with van der Waals surface area (Å²) in [4.78, 5) is 22.0. The molecule has 1 saturated carbocycles. The normalized spacial score (nSPS) is 18.9. The van der Waals surface area contributed by atoms with Gasteiger partial charge in [-0.05, 0) is 49.6 Å². The molecule has 0 spiro atoms. The molecular weight excluding hydrogens is 326 g/mol. The average Bonchev–Trinajstić information content (AvgIpc) is 3.49. The predicted octanol–water partition coefficient (Wildman–Crippen LogP) is 4.14. The van der Waals surface area contributed by atoms with Crippen molar-refractivity contribution in [1.82, 2.24) is 5.32 Å². The van der Waals surface area contributed by atoms with E-state index in [-0.39, 0.29) is 17.7 Å². The van der Waals surface area contributed by atoms with E-state index < -0.39 is 0 Å². The van der Waals surface area contributed by atoms with Crippen LogP contribution in [0.5, 0.6) is 5.75 Å². The monoisotopic (exact) mass is 347 g/mol. The third-order valence-electron chi connectivity index (χ3n) is 4.76. The number of rotatable bonds is 3. The fourth-order valence-electron chi connectivity index (χ4n) is 3.17. The summed E-state index contributed by atoms with van der Waals surface area (Å²) < 4.78 is 5.26. The Morgan fingerprint density at radius 2 is 1.69 bits per heavy atom. The number of ether oxygens (including phenoxy) is 1. The molecule has 132 valence electrons. The minimum Gasteiger partial charge on any atom is -0.497 e. The molecule has 0 bridgehead atoms. The minimum atomic E-state index is -0.198. The molecule has 0 saturated heterocycles. The van der Waals surface area contributed by atoms with Crippen LogP contribution >= 0.6 is 0 Å². The predicted molar refractivity (Wildman–Crippen MR) is 103 cm³/mol. The van der Waals surface area contributed by atoms with Gasteiger partial charge in [0.2, 0.25) is 5.91 Å². The van der Waals surface area contributed by atoms with Crippen LogP contribution < -0.4 is 10.1 Å². The summed E-state index contributed by atoms with van der Waals surface area (Å²) in [5.41, 5.74) is 3.51. The van der Waals surface area contributed by atoms with E-state index in [1.54, 1.807) is 7.11 Å². The first-order chi connectivity index (χ1) is 12.7. The quantitative estimate of drug-likeness (QED) is 0.907. The molecule has 0 aromatic heterocycles. The molecule has 1 unspecified atom stereocenters.